The number of ether oxygens (including phenoxy) is 1. The van der Waals surface area contributed by atoms with Crippen LogP contribution in [0.15, 0.2) is 70.9 Å². The molecule has 1 atom stereocenters. The summed E-state index contributed by atoms with van der Waals surface area (Å²) < 4.78 is 10.9. The first-order valence-electron chi connectivity index (χ1n) is 10.2. The molecule has 2 N–H and O–H groups in total. The molecule has 1 saturated heterocycles. The molecule has 3 aromatic rings. The lowest BCUT2D eigenvalue weighted by Gasteiger charge is -2.25. The highest BCUT2D eigenvalue weighted by Crippen LogP contribution is 2.42. The van der Waals surface area contributed by atoms with Crippen molar-refractivity contribution in [2.45, 2.75) is 26.4 Å². The normalized spacial score (nSPS) is 17.7. The zero-order valence-corrected chi connectivity index (χ0v) is 17.7. The van der Waals surface area contributed by atoms with E-state index >= 15 is 0 Å². The number of phenolic OH excluding ortho intramolecular Hbond substituents is 1. The number of Topliss-reactive ketones (excluding diaryl/α,β-unsaturated/α-hetero) is 1. The van der Waals surface area contributed by atoms with Crippen LogP contribution >= 0.6 is 0 Å². The predicted octanol–water partition coefficient (Wildman–Crippen LogP) is 4.31. The van der Waals surface area contributed by atoms with E-state index in [0.29, 0.717) is 23.5 Å². The van der Waals surface area contributed by atoms with E-state index in [1.807, 2.05) is 19.1 Å². The number of aromatic hydroxyl groups is 1. The van der Waals surface area contributed by atoms with Gasteiger partial charge in [-0.3, -0.25) is 9.59 Å². The summed E-state index contributed by atoms with van der Waals surface area (Å²) >= 11 is 0. The molecule has 0 saturated carbocycles. The molecule has 7 nitrogen and oxygen atoms in total. The molecule has 2 heterocycles. The number of furan rings is 1. The fourth-order valence-corrected chi connectivity index (χ4v) is 3.80. The van der Waals surface area contributed by atoms with Crippen LogP contribution in [0.5, 0.6) is 11.5 Å². The van der Waals surface area contributed by atoms with Gasteiger partial charge in [0, 0.05) is 5.56 Å². The van der Waals surface area contributed by atoms with Gasteiger partial charge < -0.3 is 24.3 Å². The SMILES string of the molecule is CCOc1cc(C2/C(=C(/O)c3ccc(C)cc3)C(=O)C(=O)N2Cc2ccco2)ccc1O. The Morgan fingerprint density at radius 3 is 2.53 bits per heavy atom. The number of hydrogen-bond acceptors (Lipinski definition) is 6. The Bertz CT molecular complexity index is 1180. The van der Waals surface area contributed by atoms with Gasteiger partial charge in [-0.15, -0.1) is 0 Å². The van der Waals surface area contributed by atoms with E-state index < -0.39 is 17.7 Å². The number of aryl methyl sites for hydroxylation is 1. The van der Waals surface area contributed by atoms with Gasteiger partial charge in [-0.05, 0) is 43.7 Å². The summed E-state index contributed by atoms with van der Waals surface area (Å²) in [5.41, 5.74) is 1.92. The number of phenols is 1. The maximum absolute atomic E-state index is 13.1. The van der Waals surface area contributed by atoms with Gasteiger partial charge in [0.05, 0.1) is 31.0 Å². The van der Waals surface area contributed by atoms with Crippen LogP contribution in [-0.4, -0.2) is 33.4 Å². The minimum Gasteiger partial charge on any atom is -0.507 e. The molecule has 1 aromatic heterocycles. The molecule has 32 heavy (non-hydrogen) atoms. The van der Waals surface area contributed by atoms with Crippen LogP contribution in [0.1, 0.15) is 35.4 Å². The maximum Gasteiger partial charge on any atom is 0.296 e. The zero-order valence-electron chi connectivity index (χ0n) is 17.7. The monoisotopic (exact) mass is 433 g/mol. The van der Waals surface area contributed by atoms with Gasteiger partial charge in [-0.2, -0.15) is 0 Å². The summed E-state index contributed by atoms with van der Waals surface area (Å²) in [5.74, 6) is -1.13. The molecule has 1 unspecified atom stereocenters. The molecule has 7 heteroatoms. The van der Waals surface area contributed by atoms with Gasteiger partial charge in [0.25, 0.3) is 11.7 Å². The molecule has 1 aliphatic heterocycles. The number of ketones is 1. The lowest BCUT2D eigenvalue weighted by molar-refractivity contribution is -0.140. The molecule has 2 aromatic carbocycles. The Kier molecular flexibility index (Phi) is 5.73. The number of aliphatic hydroxyl groups is 1. The van der Waals surface area contributed by atoms with Crippen LogP contribution in [0, 0.1) is 6.92 Å². The number of hydrogen-bond donors (Lipinski definition) is 2. The smallest absolute Gasteiger partial charge is 0.296 e. The van der Waals surface area contributed by atoms with Gasteiger partial charge in [-0.25, -0.2) is 0 Å². The van der Waals surface area contributed by atoms with Crippen molar-refractivity contribution in [2.24, 2.45) is 0 Å². The second kappa shape index (κ2) is 8.63. The highest BCUT2D eigenvalue weighted by molar-refractivity contribution is 6.46. The number of amides is 1. The van der Waals surface area contributed by atoms with Gasteiger partial charge in [-0.1, -0.05) is 35.9 Å². The minimum atomic E-state index is -0.888. The van der Waals surface area contributed by atoms with Crippen molar-refractivity contribution in [1.29, 1.82) is 0 Å². The molecule has 0 bridgehead atoms. The summed E-state index contributed by atoms with van der Waals surface area (Å²) in [5, 5.41) is 21.2. The Balaban J connectivity index is 1.88. The number of rotatable bonds is 6. The average Bonchev–Trinajstić information content (AvgIpc) is 3.38. The van der Waals surface area contributed by atoms with Gasteiger partial charge >= 0.3 is 0 Å². The van der Waals surface area contributed by atoms with Crippen molar-refractivity contribution >= 4 is 17.4 Å². The van der Waals surface area contributed by atoms with Crippen molar-refractivity contribution in [3.05, 3.63) is 88.9 Å². The van der Waals surface area contributed by atoms with Gasteiger partial charge in [0.15, 0.2) is 11.5 Å². The van der Waals surface area contributed by atoms with Crippen LogP contribution in [0.2, 0.25) is 0 Å². The van der Waals surface area contributed by atoms with Crippen molar-refractivity contribution in [2.75, 3.05) is 6.61 Å². The van der Waals surface area contributed by atoms with E-state index in [-0.39, 0.29) is 29.4 Å². The standard InChI is InChI=1S/C25H23NO6/c1-3-31-20-13-17(10-11-19(20)27)22-21(23(28)16-8-6-15(2)7-9-16)24(29)25(30)26(22)14-18-5-4-12-32-18/h4-13,22,27-28H,3,14H2,1-2H3/b23-21-. The number of nitrogens with zero attached hydrogens (tertiary/aromatic N) is 1. The van der Waals surface area contributed by atoms with E-state index in [0.717, 1.165) is 5.56 Å². The van der Waals surface area contributed by atoms with Crippen LogP contribution in [0.3, 0.4) is 0 Å². The maximum atomic E-state index is 13.1. The average molecular weight is 433 g/mol. The third-order valence-corrected chi connectivity index (χ3v) is 5.37. The molecule has 1 aliphatic rings. The molecule has 1 fully saturated rings. The Labute approximate surface area is 185 Å². The summed E-state index contributed by atoms with van der Waals surface area (Å²) in [6.07, 6.45) is 1.49. The summed E-state index contributed by atoms with van der Waals surface area (Å²) in [7, 11) is 0. The van der Waals surface area contributed by atoms with Crippen LogP contribution < -0.4 is 4.74 Å². The lowest BCUT2D eigenvalue weighted by atomic mass is 9.94. The van der Waals surface area contributed by atoms with Crippen LogP contribution in [0.4, 0.5) is 0 Å². The lowest BCUT2D eigenvalue weighted by Crippen LogP contribution is -2.29. The highest BCUT2D eigenvalue weighted by Gasteiger charge is 2.46. The minimum absolute atomic E-state index is 0.0291. The molecule has 0 radical (unpaired) electrons. The van der Waals surface area contributed by atoms with Crippen LogP contribution in [-0.2, 0) is 16.1 Å². The summed E-state index contributed by atoms with van der Waals surface area (Å²) in [6, 6.07) is 14.2. The number of benzene rings is 2. The molecule has 0 aliphatic carbocycles. The van der Waals surface area contributed by atoms with E-state index in [9.17, 15) is 19.8 Å². The molecule has 1 amide bonds. The van der Waals surface area contributed by atoms with Crippen molar-refractivity contribution in [3.8, 4) is 11.5 Å². The number of carbonyl (C=O) groups excluding carboxylic acids is 2. The molecule has 0 spiro atoms. The Morgan fingerprint density at radius 2 is 1.88 bits per heavy atom. The fourth-order valence-electron chi connectivity index (χ4n) is 3.80. The first kappa shape index (κ1) is 21.2. The Morgan fingerprint density at radius 1 is 1.12 bits per heavy atom. The van der Waals surface area contributed by atoms with E-state index in [4.69, 9.17) is 9.15 Å². The molecular weight excluding hydrogens is 410 g/mol. The van der Waals surface area contributed by atoms with Gasteiger partial charge in [0.2, 0.25) is 0 Å². The van der Waals surface area contributed by atoms with Crippen LogP contribution in [0.25, 0.3) is 5.76 Å². The van der Waals surface area contributed by atoms with Crippen molar-refractivity contribution in [3.63, 3.8) is 0 Å². The summed E-state index contributed by atoms with van der Waals surface area (Å²) in [6.45, 7) is 4.06. The molecular formula is C25H23NO6. The first-order chi connectivity index (χ1) is 15.4. The first-order valence-corrected chi connectivity index (χ1v) is 10.2. The third kappa shape index (κ3) is 3.85. The summed E-state index contributed by atoms with van der Waals surface area (Å²) in [4.78, 5) is 27.4. The number of aliphatic hydroxyl groups excluding tert-OH is 1. The van der Waals surface area contributed by atoms with Gasteiger partial charge in [0.1, 0.15) is 11.5 Å². The third-order valence-electron chi connectivity index (χ3n) is 5.37. The quantitative estimate of drug-likeness (QED) is 0.341. The van der Waals surface area contributed by atoms with E-state index in [2.05, 4.69) is 0 Å². The number of likely N-dealkylation sites (tertiary alicyclic amines) is 1. The van der Waals surface area contributed by atoms with E-state index in [1.54, 1.807) is 43.3 Å². The topological polar surface area (TPSA) is 100 Å². The Hall–Kier alpha value is -4.00. The number of carbonyl (C=O) groups is 2. The van der Waals surface area contributed by atoms with Crippen molar-refractivity contribution < 1.29 is 29.0 Å². The molecule has 4 rings (SSSR count). The zero-order chi connectivity index (χ0) is 22.8. The highest BCUT2D eigenvalue weighted by atomic mass is 16.5. The van der Waals surface area contributed by atoms with Crippen molar-refractivity contribution in [1.82, 2.24) is 4.90 Å². The predicted molar refractivity (Wildman–Crippen MR) is 117 cm³/mol. The fraction of sp³-hybridized carbons (Fsp3) is 0.200. The van der Waals surface area contributed by atoms with E-state index in [1.165, 1.54) is 17.2 Å². The largest absolute Gasteiger partial charge is 0.507 e. The second-order valence-corrected chi connectivity index (χ2v) is 7.53. The molecule has 164 valence electrons. The second-order valence-electron chi connectivity index (χ2n) is 7.53.